The van der Waals surface area contributed by atoms with E-state index in [4.69, 9.17) is 9.47 Å². The van der Waals surface area contributed by atoms with Gasteiger partial charge in [-0.15, -0.1) is 0 Å². The zero-order valence-corrected chi connectivity index (χ0v) is 13.6. The minimum atomic E-state index is 0.0428. The van der Waals surface area contributed by atoms with Gasteiger partial charge in [-0.3, -0.25) is 0 Å². The largest absolute Gasteiger partial charge is 0.497 e. The number of fused-ring (bicyclic) bond motifs is 1. The maximum atomic E-state index is 6.43. The van der Waals surface area contributed by atoms with E-state index in [2.05, 4.69) is 32.2 Å². The molecule has 1 aromatic carbocycles. The second-order valence-electron chi connectivity index (χ2n) is 6.92. The van der Waals surface area contributed by atoms with Crippen LogP contribution in [0.1, 0.15) is 51.6 Å². The van der Waals surface area contributed by atoms with E-state index in [1.165, 1.54) is 18.4 Å². The lowest BCUT2D eigenvalue weighted by Crippen LogP contribution is -2.54. The van der Waals surface area contributed by atoms with Gasteiger partial charge in [0.1, 0.15) is 17.1 Å². The van der Waals surface area contributed by atoms with Crippen molar-refractivity contribution in [3.05, 3.63) is 23.8 Å². The molecule has 1 aliphatic heterocycles. The van der Waals surface area contributed by atoms with Gasteiger partial charge in [0.15, 0.2) is 0 Å². The van der Waals surface area contributed by atoms with Crippen LogP contribution in [0.2, 0.25) is 0 Å². The number of hydrogen-bond acceptors (Lipinski definition) is 3. The van der Waals surface area contributed by atoms with Gasteiger partial charge in [0, 0.05) is 24.1 Å². The summed E-state index contributed by atoms with van der Waals surface area (Å²) in [6.45, 7) is 7.79. The summed E-state index contributed by atoms with van der Waals surface area (Å²) in [5, 5.41) is 3.62. The number of benzene rings is 1. The van der Waals surface area contributed by atoms with E-state index >= 15 is 0 Å². The van der Waals surface area contributed by atoms with E-state index in [0.29, 0.717) is 6.04 Å². The third-order valence-electron chi connectivity index (χ3n) is 5.16. The fraction of sp³-hybridized carbons (Fsp3) is 0.667. The lowest BCUT2D eigenvalue weighted by atomic mass is 9.62. The van der Waals surface area contributed by atoms with Crippen LogP contribution in [0.15, 0.2) is 18.2 Å². The topological polar surface area (TPSA) is 30.5 Å². The molecule has 3 heteroatoms. The van der Waals surface area contributed by atoms with Crippen molar-refractivity contribution in [2.75, 3.05) is 13.7 Å². The zero-order valence-electron chi connectivity index (χ0n) is 13.6. The highest BCUT2D eigenvalue weighted by Crippen LogP contribution is 2.53. The summed E-state index contributed by atoms with van der Waals surface area (Å²) in [6.07, 6.45) is 3.45. The third-order valence-corrected chi connectivity index (χ3v) is 5.16. The molecular formula is C18H27NO2. The Bertz CT molecular complexity index is 506. The molecule has 1 aromatic rings. The van der Waals surface area contributed by atoms with Crippen molar-refractivity contribution in [1.82, 2.24) is 5.32 Å². The lowest BCUT2D eigenvalue weighted by Gasteiger charge is -2.53. The second kappa shape index (κ2) is 5.53. The highest BCUT2D eigenvalue weighted by atomic mass is 16.5. The highest BCUT2D eigenvalue weighted by Gasteiger charge is 2.51. The Kier molecular flexibility index (Phi) is 3.87. The number of hydrogen-bond donors (Lipinski definition) is 1. The Morgan fingerprint density at radius 1 is 1.33 bits per heavy atom. The monoisotopic (exact) mass is 289 g/mol. The van der Waals surface area contributed by atoms with Crippen LogP contribution in [0.3, 0.4) is 0 Å². The standard InChI is InChI=1S/C18H27NO2/c1-5-19-16-11-18(9-13(10-18)12(2)3)21-17-8-14(20-4)6-7-15(16)17/h6-8,12-13,16,19H,5,9-11H2,1-4H3. The number of nitrogens with one attached hydrogen (secondary N) is 1. The average molecular weight is 289 g/mol. The molecule has 116 valence electrons. The number of rotatable bonds is 4. The Hall–Kier alpha value is -1.22. The molecule has 0 amide bonds. The molecule has 3 nitrogen and oxygen atoms in total. The first-order valence-electron chi connectivity index (χ1n) is 8.17. The second-order valence-corrected chi connectivity index (χ2v) is 6.92. The first kappa shape index (κ1) is 14.7. The molecule has 1 fully saturated rings. The SMILES string of the molecule is CCNC1CC2(CC(C(C)C)C2)Oc2cc(OC)ccc21. The molecule has 0 aromatic heterocycles. The van der Waals surface area contributed by atoms with Crippen LogP contribution in [0, 0.1) is 11.8 Å². The van der Waals surface area contributed by atoms with Gasteiger partial charge in [0.05, 0.1) is 7.11 Å². The van der Waals surface area contributed by atoms with Crippen molar-refractivity contribution in [2.24, 2.45) is 11.8 Å². The van der Waals surface area contributed by atoms with Crippen LogP contribution in [0.25, 0.3) is 0 Å². The van der Waals surface area contributed by atoms with Crippen molar-refractivity contribution >= 4 is 0 Å². The molecule has 1 unspecified atom stereocenters. The molecule has 1 atom stereocenters. The van der Waals surface area contributed by atoms with Crippen molar-refractivity contribution in [3.8, 4) is 11.5 Å². The van der Waals surface area contributed by atoms with Gasteiger partial charge in [-0.1, -0.05) is 26.8 Å². The van der Waals surface area contributed by atoms with E-state index in [-0.39, 0.29) is 5.60 Å². The Labute approximate surface area is 128 Å². The minimum absolute atomic E-state index is 0.0428. The van der Waals surface area contributed by atoms with E-state index in [0.717, 1.165) is 36.3 Å². The van der Waals surface area contributed by atoms with Crippen LogP contribution < -0.4 is 14.8 Å². The molecule has 1 heterocycles. The molecule has 1 aliphatic carbocycles. The van der Waals surface area contributed by atoms with Crippen LogP contribution in [-0.4, -0.2) is 19.3 Å². The van der Waals surface area contributed by atoms with Gasteiger partial charge in [-0.05, 0) is 37.3 Å². The van der Waals surface area contributed by atoms with Gasteiger partial charge in [-0.2, -0.15) is 0 Å². The van der Waals surface area contributed by atoms with Crippen molar-refractivity contribution < 1.29 is 9.47 Å². The third kappa shape index (κ3) is 2.64. The molecule has 1 spiro atoms. The van der Waals surface area contributed by atoms with Crippen LogP contribution in [-0.2, 0) is 0 Å². The van der Waals surface area contributed by atoms with Crippen LogP contribution >= 0.6 is 0 Å². The predicted molar refractivity (Wildman–Crippen MR) is 84.9 cm³/mol. The molecule has 3 rings (SSSR count). The maximum Gasteiger partial charge on any atom is 0.128 e. The maximum absolute atomic E-state index is 6.43. The fourth-order valence-corrected chi connectivity index (χ4v) is 3.82. The van der Waals surface area contributed by atoms with Gasteiger partial charge in [0.25, 0.3) is 0 Å². The first-order chi connectivity index (χ1) is 10.1. The van der Waals surface area contributed by atoms with Crippen LogP contribution in [0.4, 0.5) is 0 Å². The van der Waals surface area contributed by atoms with E-state index in [1.54, 1.807) is 7.11 Å². The Morgan fingerprint density at radius 2 is 2.10 bits per heavy atom. The molecule has 1 saturated carbocycles. The smallest absolute Gasteiger partial charge is 0.128 e. The fourth-order valence-electron chi connectivity index (χ4n) is 3.82. The van der Waals surface area contributed by atoms with Crippen LogP contribution in [0.5, 0.6) is 11.5 Å². The molecule has 2 aliphatic rings. The predicted octanol–water partition coefficient (Wildman–Crippen LogP) is 3.93. The first-order valence-corrected chi connectivity index (χ1v) is 8.17. The summed E-state index contributed by atoms with van der Waals surface area (Å²) in [5.74, 6) is 3.44. The quantitative estimate of drug-likeness (QED) is 0.911. The molecule has 21 heavy (non-hydrogen) atoms. The van der Waals surface area contributed by atoms with E-state index in [9.17, 15) is 0 Å². The number of methoxy groups -OCH3 is 1. The van der Waals surface area contributed by atoms with E-state index < -0.39 is 0 Å². The Balaban J connectivity index is 1.86. The molecular weight excluding hydrogens is 262 g/mol. The summed E-state index contributed by atoms with van der Waals surface area (Å²) >= 11 is 0. The van der Waals surface area contributed by atoms with Gasteiger partial charge in [0.2, 0.25) is 0 Å². The van der Waals surface area contributed by atoms with Gasteiger partial charge < -0.3 is 14.8 Å². The summed E-state index contributed by atoms with van der Waals surface area (Å²) < 4.78 is 11.8. The van der Waals surface area contributed by atoms with Gasteiger partial charge >= 0.3 is 0 Å². The zero-order chi connectivity index (χ0) is 15.0. The summed E-state index contributed by atoms with van der Waals surface area (Å²) in [5.41, 5.74) is 1.32. The van der Waals surface area contributed by atoms with Crippen molar-refractivity contribution in [3.63, 3.8) is 0 Å². The molecule has 0 radical (unpaired) electrons. The normalized spacial score (nSPS) is 30.7. The Morgan fingerprint density at radius 3 is 2.71 bits per heavy atom. The van der Waals surface area contributed by atoms with Crippen molar-refractivity contribution in [1.29, 1.82) is 0 Å². The average Bonchev–Trinajstić information content (AvgIpc) is 2.43. The molecule has 0 bridgehead atoms. The number of ether oxygens (including phenoxy) is 2. The lowest BCUT2D eigenvalue weighted by molar-refractivity contribution is -0.0872. The molecule has 0 saturated heterocycles. The minimum Gasteiger partial charge on any atom is -0.497 e. The van der Waals surface area contributed by atoms with Crippen molar-refractivity contribution in [2.45, 2.75) is 51.7 Å². The summed E-state index contributed by atoms with van der Waals surface area (Å²) in [7, 11) is 1.71. The molecule has 1 N–H and O–H groups in total. The summed E-state index contributed by atoms with van der Waals surface area (Å²) in [4.78, 5) is 0. The van der Waals surface area contributed by atoms with E-state index in [1.807, 2.05) is 12.1 Å². The summed E-state index contributed by atoms with van der Waals surface area (Å²) in [6, 6.07) is 6.62. The highest BCUT2D eigenvalue weighted by molar-refractivity contribution is 5.45. The van der Waals surface area contributed by atoms with Gasteiger partial charge in [-0.25, -0.2) is 0 Å².